The summed E-state index contributed by atoms with van der Waals surface area (Å²) >= 11 is 0. The van der Waals surface area contributed by atoms with Crippen LogP contribution in [-0.4, -0.2) is 71.4 Å². The Hall–Kier alpha value is -1.60. The van der Waals surface area contributed by atoms with E-state index < -0.39 is 6.10 Å². The Balaban J connectivity index is 1.51. The van der Waals surface area contributed by atoms with Crippen molar-refractivity contribution >= 4 is 5.91 Å². The number of ether oxygens (including phenoxy) is 1. The van der Waals surface area contributed by atoms with Crippen molar-refractivity contribution in [2.24, 2.45) is 0 Å². The summed E-state index contributed by atoms with van der Waals surface area (Å²) in [5.41, 5.74) is 0. The average Bonchev–Trinajstić information content (AvgIpc) is 3.32. The average molecular weight is 337 g/mol. The number of carbonyl (C=O) groups excluding carboxylic acids is 1. The smallest absolute Gasteiger partial charge is 0.254 e. The van der Waals surface area contributed by atoms with Crippen molar-refractivity contribution in [3.63, 3.8) is 0 Å². The highest BCUT2D eigenvalue weighted by Crippen LogP contribution is 2.30. The van der Waals surface area contributed by atoms with E-state index in [4.69, 9.17) is 9.26 Å². The van der Waals surface area contributed by atoms with Gasteiger partial charge < -0.3 is 19.3 Å². The Labute approximate surface area is 142 Å². The molecule has 2 fully saturated rings. The molecule has 1 N–H and O–H groups in total. The summed E-state index contributed by atoms with van der Waals surface area (Å²) in [6.07, 6.45) is 4.61. The fraction of sp³-hybridized carbons (Fsp3) is 0.765. The zero-order valence-electron chi connectivity index (χ0n) is 14.5. The number of aliphatic hydroxyl groups is 1. The van der Waals surface area contributed by atoms with E-state index in [0.29, 0.717) is 24.5 Å². The summed E-state index contributed by atoms with van der Waals surface area (Å²) in [5.74, 6) is 1.08. The van der Waals surface area contributed by atoms with E-state index in [1.807, 2.05) is 0 Å². The highest BCUT2D eigenvalue weighted by atomic mass is 16.5. The largest absolute Gasteiger partial charge is 0.479 e. The van der Waals surface area contributed by atoms with Crippen LogP contribution in [0.4, 0.5) is 0 Å². The first-order chi connectivity index (χ1) is 11.6. The van der Waals surface area contributed by atoms with E-state index in [1.54, 1.807) is 18.0 Å². The molecule has 1 saturated carbocycles. The number of aliphatic hydroxyl groups excluding tert-OH is 1. The van der Waals surface area contributed by atoms with Gasteiger partial charge in [-0.25, -0.2) is 0 Å². The van der Waals surface area contributed by atoms with Crippen molar-refractivity contribution in [3.8, 4) is 5.88 Å². The zero-order valence-corrected chi connectivity index (χ0v) is 14.5. The molecule has 0 aromatic carbocycles. The lowest BCUT2D eigenvalue weighted by molar-refractivity contribution is -0.134. The molecule has 0 spiro atoms. The second-order valence-electron chi connectivity index (χ2n) is 6.79. The summed E-state index contributed by atoms with van der Waals surface area (Å²) in [6.45, 7) is 2.14. The molecule has 3 atom stereocenters. The van der Waals surface area contributed by atoms with E-state index in [1.165, 1.54) is 20.0 Å². The minimum absolute atomic E-state index is 0.0245. The van der Waals surface area contributed by atoms with E-state index in [9.17, 15) is 9.90 Å². The summed E-state index contributed by atoms with van der Waals surface area (Å²) in [6, 6.07) is 1.81. The summed E-state index contributed by atoms with van der Waals surface area (Å²) in [4.78, 5) is 16.6. The van der Waals surface area contributed by atoms with Crippen LogP contribution < -0.4 is 4.74 Å². The van der Waals surface area contributed by atoms with Gasteiger partial charge in [-0.1, -0.05) is 0 Å². The minimum Gasteiger partial charge on any atom is -0.479 e. The Morgan fingerprint density at radius 1 is 1.46 bits per heavy atom. The first-order valence-corrected chi connectivity index (χ1v) is 8.77. The highest BCUT2D eigenvalue weighted by Gasteiger charge is 2.41. The van der Waals surface area contributed by atoms with E-state index >= 15 is 0 Å². The van der Waals surface area contributed by atoms with Gasteiger partial charge in [0, 0.05) is 32.0 Å². The van der Waals surface area contributed by atoms with Crippen LogP contribution in [-0.2, 0) is 11.2 Å². The van der Waals surface area contributed by atoms with Gasteiger partial charge in [0.2, 0.25) is 5.91 Å². The normalized spacial score (nSPS) is 27.5. The second-order valence-corrected chi connectivity index (χ2v) is 6.79. The van der Waals surface area contributed by atoms with Crippen LogP contribution in [0.2, 0.25) is 0 Å². The molecule has 1 amide bonds. The molecule has 24 heavy (non-hydrogen) atoms. The van der Waals surface area contributed by atoms with Crippen LogP contribution in [0.25, 0.3) is 0 Å². The molecule has 1 aromatic rings. The number of amides is 1. The zero-order chi connectivity index (χ0) is 17.1. The molecule has 7 nitrogen and oxygen atoms in total. The van der Waals surface area contributed by atoms with Gasteiger partial charge in [0.15, 0.2) is 0 Å². The maximum atomic E-state index is 12.5. The van der Waals surface area contributed by atoms with Crippen LogP contribution in [0, 0.1) is 0 Å². The van der Waals surface area contributed by atoms with Gasteiger partial charge in [0.1, 0.15) is 5.76 Å². The van der Waals surface area contributed by atoms with Crippen LogP contribution >= 0.6 is 0 Å². The van der Waals surface area contributed by atoms with E-state index in [-0.39, 0.29) is 18.0 Å². The van der Waals surface area contributed by atoms with E-state index in [0.717, 1.165) is 25.9 Å². The first kappa shape index (κ1) is 17.2. The molecule has 1 aliphatic carbocycles. The fourth-order valence-electron chi connectivity index (χ4n) is 3.93. The lowest BCUT2D eigenvalue weighted by Crippen LogP contribution is -2.48. The Morgan fingerprint density at radius 2 is 2.21 bits per heavy atom. The quantitative estimate of drug-likeness (QED) is 0.836. The molecule has 7 heteroatoms. The Morgan fingerprint density at radius 3 is 2.88 bits per heavy atom. The number of aryl methyl sites for hydroxylation is 1. The maximum Gasteiger partial charge on any atom is 0.254 e. The second kappa shape index (κ2) is 7.53. The first-order valence-electron chi connectivity index (χ1n) is 8.77. The Bertz CT molecular complexity index is 556. The topological polar surface area (TPSA) is 79.0 Å². The molecule has 1 aromatic heterocycles. The molecule has 0 unspecified atom stereocenters. The van der Waals surface area contributed by atoms with Gasteiger partial charge >= 0.3 is 0 Å². The number of methoxy groups -OCH3 is 1. The third kappa shape index (κ3) is 3.57. The monoisotopic (exact) mass is 337 g/mol. The van der Waals surface area contributed by atoms with Crippen LogP contribution in [0.5, 0.6) is 5.88 Å². The maximum absolute atomic E-state index is 12.5. The van der Waals surface area contributed by atoms with E-state index in [2.05, 4.69) is 10.1 Å². The summed E-state index contributed by atoms with van der Waals surface area (Å²) in [7, 11) is 3.32. The number of carbonyl (C=O) groups is 1. The number of likely N-dealkylation sites (tertiary alicyclic amines) is 1. The van der Waals surface area contributed by atoms with Crippen molar-refractivity contribution in [3.05, 3.63) is 11.8 Å². The number of hydrogen-bond acceptors (Lipinski definition) is 6. The van der Waals surface area contributed by atoms with Crippen molar-refractivity contribution in [1.82, 2.24) is 15.0 Å². The number of rotatable bonds is 6. The number of nitrogens with zero attached hydrogens (tertiary/aromatic N) is 3. The lowest BCUT2D eigenvalue weighted by atomic mass is 10.1. The fourth-order valence-corrected chi connectivity index (χ4v) is 3.93. The number of aromatic nitrogens is 1. The molecular formula is C17H27N3O4. The molecule has 3 rings (SSSR count). The van der Waals surface area contributed by atoms with Gasteiger partial charge in [-0.3, -0.25) is 9.69 Å². The summed E-state index contributed by atoms with van der Waals surface area (Å²) in [5, 5.41) is 14.4. The molecule has 2 aliphatic rings. The van der Waals surface area contributed by atoms with Crippen molar-refractivity contribution < 1.29 is 19.2 Å². The number of hydrogen-bond donors (Lipinski definition) is 1. The number of likely N-dealkylation sites (N-methyl/N-ethyl adjacent to an activating group) is 1. The molecule has 2 heterocycles. The summed E-state index contributed by atoms with van der Waals surface area (Å²) < 4.78 is 10.1. The third-order valence-corrected chi connectivity index (χ3v) is 5.38. The van der Waals surface area contributed by atoms with Gasteiger partial charge in [-0.15, -0.1) is 0 Å². The predicted octanol–water partition coefficient (Wildman–Crippen LogP) is 1.06. The van der Waals surface area contributed by atoms with Crippen LogP contribution in [0.15, 0.2) is 10.6 Å². The highest BCUT2D eigenvalue weighted by molar-refractivity contribution is 5.76. The van der Waals surface area contributed by atoms with Crippen molar-refractivity contribution in [1.29, 1.82) is 0 Å². The third-order valence-electron chi connectivity index (χ3n) is 5.38. The molecule has 0 radical (unpaired) electrons. The van der Waals surface area contributed by atoms with Crippen LogP contribution in [0.3, 0.4) is 0 Å². The van der Waals surface area contributed by atoms with Crippen molar-refractivity contribution in [2.75, 3.05) is 27.2 Å². The standard InChI is InChI=1S/C17H27N3O4/c1-19(16(21)8-5-12-11-15(23-2)18-24-12)13-6-7-14(17(13)22)20-9-3-4-10-20/h11,13-14,17,22H,3-10H2,1-2H3/t13-,14-,17-/m1/s1. The van der Waals surface area contributed by atoms with Gasteiger partial charge in [0.05, 0.1) is 19.3 Å². The minimum atomic E-state index is -0.456. The van der Waals surface area contributed by atoms with Crippen LogP contribution in [0.1, 0.15) is 37.9 Å². The molecular weight excluding hydrogens is 310 g/mol. The van der Waals surface area contributed by atoms with Gasteiger partial charge in [0.25, 0.3) is 5.88 Å². The lowest BCUT2D eigenvalue weighted by Gasteiger charge is -2.32. The van der Waals surface area contributed by atoms with Gasteiger partial charge in [-0.05, 0) is 43.9 Å². The Kier molecular flexibility index (Phi) is 5.40. The predicted molar refractivity (Wildman–Crippen MR) is 87.8 cm³/mol. The van der Waals surface area contributed by atoms with Crippen molar-refractivity contribution in [2.45, 2.75) is 56.7 Å². The molecule has 134 valence electrons. The molecule has 1 saturated heterocycles. The molecule has 1 aliphatic heterocycles. The SMILES string of the molecule is COc1cc(CCC(=O)N(C)[C@@H]2CC[C@@H](N3CCCC3)[C@@H]2O)on1. The molecule has 0 bridgehead atoms. The van der Waals surface area contributed by atoms with Gasteiger partial charge in [-0.2, -0.15) is 0 Å².